The molecule has 0 aliphatic carbocycles. The van der Waals surface area contributed by atoms with Crippen LogP contribution in [0.4, 0.5) is 0 Å². The van der Waals surface area contributed by atoms with E-state index in [0.29, 0.717) is 55.2 Å². The Hall–Kier alpha value is -3.55. The molecule has 8 heteroatoms. The van der Waals surface area contributed by atoms with Gasteiger partial charge in [-0.2, -0.15) is 5.10 Å². The minimum atomic E-state index is -0.616. The van der Waals surface area contributed by atoms with Crippen LogP contribution in [0.15, 0.2) is 47.6 Å². The van der Waals surface area contributed by atoms with Crippen molar-refractivity contribution in [3.63, 3.8) is 0 Å². The molecule has 8 nitrogen and oxygen atoms in total. The molecule has 1 saturated heterocycles. The smallest absolute Gasteiger partial charge is 0.257 e. The van der Waals surface area contributed by atoms with Gasteiger partial charge in [0.2, 0.25) is 5.91 Å². The van der Waals surface area contributed by atoms with Gasteiger partial charge in [0.25, 0.3) is 5.91 Å². The van der Waals surface area contributed by atoms with Crippen LogP contribution in [0.5, 0.6) is 17.2 Å². The van der Waals surface area contributed by atoms with Gasteiger partial charge in [0.1, 0.15) is 5.75 Å². The molecule has 2 aromatic rings. The second kappa shape index (κ2) is 9.98. The molecule has 2 aromatic carbocycles. The lowest BCUT2D eigenvalue weighted by Gasteiger charge is -2.42. The number of benzene rings is 2. The molecule has 0 N–H and O–H groups in total. The Kier molecular flexibility index (Phi) is 7.00. The highest BCUT2D eigenvalue weighted by Gasteiger charge is 2.42. The van der Waals surface area contributed by atoms with E-state index < -0.39 is 5.41 Å². The molecule has 0 unspecified atom stereocenters. The topological polar surface area (TPSA) is 80.7 Å². The zero-order chi connectivity index (χ0) is 25.2. The third kappa shape index (κ3) is 4.70. The molecular formula is C27H33N3O5. The number of nitrogens with zero attached hydrogens (tertiary/aromatic N) is 3. The first-order valence-electron chi connectivity index (χ1n) is 11.9. The summed E-state index contributed by atoms with van der Waals surface area (Å²) in [7, 11) is 4.77. The number of hydrogen-bond donors (Lipinski definition) is 0. The fourth-order valence-electron chi connectivity index (χ4n) is 4.83. The quantitative estimate of drug-likeness (QED) is 0.626. The Morgan fingerprint density at radius 2 is 1.60 bits per heavy atom. The number of para-hydroxylation sites is 2. The summed E-state index contributed by atoms with van der Waals surface area (Å²) in [6.45, 7) is 4.98. The van der Waals surface area contributed by atoms with Crippen LogP contribution in [0.1, 0.15) is 49.0 Å². The largest absolute Gasteiger partial charge is 0.496 e. The van der Waals surface area contributed by atoms with Gasteiger partial charge in [-0.1, -0.05) is 32.0 Å². The zero-order valence-electron chi connectivity index (χ0n) is 21.0. The summed E-state index contributed by atoms with van der Waals surface area (Å²) in [5, 5.41) is 6.47. The lowest BCUT2D eigenvalue weighted by molar-refractivity contribution is -0.144. The minimum absolute atomic E-state index is 0.00221. The molecule has 0 spiro atoms. The molecular weight excluding hydrogens is 446 g/mol. The monoisotopic (exact) mass is 479 g/mol. The van der Waals surface area contributed by atoms with E-state index in [1.54, 1.807) is 38.5 Å². The van der Waals surface area contributed by atoms with E-state index in [1.165, 1.54) is 0 Å². The van der Waals surface area contributed by atoms with Gasteiger partial charge in [-0.15, -0.1) is 0 Å². The van der Waals surface area contributed by atoms with Crippen molar-refractivity contribution in [1.29, 1.82) is 0 Å². The van der Waals surface area contributed by atoms with Crippen molar-refractivity contribution in [2.45, 2.75) is 39.2 Å². The summed E-state index contributed by atoms with van der Waals surface area (Å²) in [5.41, 5.74) is 1.54. The molecule has 2 aliphatic heterocycles. The molecule has 0 aromatic heterocycles. The van der Waals surface area contributed by atoms with Gasteiger partial charge in [0, 0.05) is 25.1 Å². The zero-order valence-corrected chi connectivity index (χ0v) is 21.0. The van der Waals surface area contributed by atoms with Gasteiger partial charge in [0.15, 0.2) is 11.5 Å². The first-order valence-corrected chi connectivity index (χ1v) is 11.9. The number of carbonyl (C=O) groups is 2. The van der Waals surface area contributed by atoms with Gasteiger partial charge in [0.05, 0.1) is 44.1 Å². The molecule has 186 valence electrons. The fraction of sp³-hybridized carbons (Fsp3) is 0.444. The maximum atomic E-state index is 13.4. The van der Waals surface area contributed by atoms with E-state index in [0.717, 1.165) is 11.3 Å². The number of likely N-dealkylation sites (tertiary alicyclic amines) is 1. The summed E-state index contributed by atoms with van der Waals surface area (Å²) in [4.78, 5) is 28.3. The summed E-state index contributed by atoms with van der Waals surface area (Å²) in [6, 6.07) is 12.8. The first kappa shape index (κ1) is 24.6. The van der Waals surface area contributed by atoms with Crippen molar-refractivity contribution >= 4 is 17.5 Å². The standard InChI is InChI=1S/C27H33N3O5/c1-27(2)17-21(19-10-8-12-23(34-4)24(19)35-5)28-30(26(27)32)18-13-15-29(16-14-18)25(31)20-9-6-7-11-22(20)33-3/h6-12,18H,13-17H2,1-5H3. The van der Waals surface area contributed by atoms with Crippen LogP contribution in [0, 0.1) is 5.41 Å². The average molecular weight is 480 g/mol. The van der Waals surface area contributed by atoms with E-state index in [-0.39, 0.29) is 17.9 Å². The molecule has 1 fully saturated rings. The highest BCUT2D eigenvalue weighted by Crippen LogP contribution is 2.38. The Morgan fingerprint density at radius 3 is 2.26 bits per heavy atom. The lowest BCUT2D eigenvalue weighted by atomic mass is 9.82. The van der Waals surface area contributed by atoms with Gasteiger partial charge in [-0.3, -0.25) is 9.59 Å². The summed E-state index contributed by atoms with van der Waals surface area (Å²) in [5.74, 6) is 1.73. The Labute approximate surface area is 206 Å². The van der Waals surface area contributed by atoms with Crippen LogP contribution in [-0.4, -0.2) is 67.9 Å². The first-order chi connectivity index (χ1) is 16.8. The molecule has 35 heavy (non-hydrogen) atoms. The molecule has 2 heterocycles. The van der Waals surface area contributed by atoms with Crippen LogP contribution in [-0.2, 0) is 4.79 Å². The highest BCUT2D eigenvalue weighted by atomic mass is 16.5. The molecule has 2 aliphatic rings. The molecule has 0 saturated carbocycles. The number of rotatable bonds is 6. The van der Waals surface area contributed by atoms with Crippen LogP contribution in [0.25, 0.3) is 0 Å². The van der Waals surface area contributed by atoms with Gasteiger partial charge in [-0.25, -0.2) is 5.01 Å². The predicted molar refractivity (Wildman–Crippen MR) is 133 cm³/mol. The maximum absolute atomic E-state index is 13.4. The number of ether oxygens (including phenoxy) is 3. The van der Waals surface area contributed by atoms with E-state index in [1.807, 2.05) is 49.1 Å². The van der Waals surface area contributed by atoms with E-state index in [9.17, 15) is 9.59 Å². The third-order valence-corrected chi connectivity index (χ3v) is 6.77. The van der Waals surface area contributed by atoms with Crippen LogP contribution < -0.4 is 14.2 Å². The van der Waals surface area contributed by atoms with E-state index in [2.05, 4.69) is 0 Å². The second-order valence-corrected chi connectivity index (χ2v) is 9.52. The molecule has 2 amide bonds. The molecule has 0 radical (unpaired) electrons. The summed E-state index contributed by atoms with van der Waals surface area (Å²) >= 11 is 0. The molecule has 0 bridgehead atoms. The number of carbonyl (C=O) groups excluding carboxylic acids is 2. The van der Waals surface area contributed by atoms with Crippen molar-refractivity contribution in [1.82, 2.24) is 9.91 Å². The number of methoxy groups -OCH3 is 3. The average Bonchev–Trinajstić information content (AvgIpc) is 2.89. The SMILES string of the molecule is COc1ccccc1C(=O)N1CCC(N2N=C(c3cccc(OC)c3OC)CC(C)(C)C2=O)CC1. The van der Waals surface area contributed by atoms with Crippen molar-refractivity contribution in [2.24, 2.45) is 10.5 Å². The second-order valence-electron chi connectivity index (χ2n) is 9.52. The number of hydrazone groups is 1. The van der Waals surface area contributed by atoms with E-state index in [4.69, 9.17) is 19.3 Å². The van der Waals surface area contributed by atoms with Crippen molar-refractivity contribution < 1.29 is 23.8 Å². The number of piperidine rings is 1. The molecule has 0 atom stereocenters. The number of amides is 2. The highest BCUT2D eigenvalue weighted by molar-refractivity contribution is 6.08. The van der Waals surface area contributed by atoms with E-state index >= 15 is 0 Å². The van der Waals surface area contributed by atoms with Gasteiger partial charge in [-0.05, 0) is 37.1 Å². The Morgan fingerprint density at radius 1 is 0.943 bits per heavy atom. The van der Waals surface area contributed by atoms with Crippen molar-refractivity contribution in [3.8, 4) is 17.2 Å². The number of hydrogen-bond acceptors (Lipinski definition) is 6. The van der Waals surface area contributed by atoms with Gasteiger partial charge >= 0.3 is 0 Å². The van der Waals surface area contributed by atoms with Crippen LogP contribution in [0.2, 0.25) is 0 Å². The Balaban J connectivity index is 1.57. The maximum Gasteiger partial charge on any atom is 0.257 e. The van der Waals surface area contributed by atoms with Crippen LogP contribution >= 0.6 is 0 Å². The van der Waals surface area contributed by atoms with Crippen molar-refractivity contribution in [3.05, 3.63) is 53.6 Å². The predicted octanol–water partition coefficient (Wildman–Crippen LogP) is 3.98. The lowest BCUT2D eigenvalue weighted by Crippen LogP contribution is -2.52. The summed E-state index contributed by atoms with van der Waals surface area (Å²) in [6.07, 6.45) is 1.79. The fourth-order valence-corrected chi connectivity index (χ4v) is 4.83. The van der Waals surface area contributed by atoms with Gasteiger partial charge < -0.3 is 19.1 Å². The normalized spacial score (nSPS) is 18.2. The summed E-state index contributed by atoms with van der Waals surface area (Å²) < 4.78 is 16.5. The third-order valence-electron chi connectivity index (χ3n) is 6.77. The minimum Gasteiger partial charge on any atom is -0.496 e. The van der Waals surface area contributed by atoms with Crippen LogP contribution in [0.3, 0.4) is 0 Å². The molecule has 4 rings (SSSR count). The Bertz CT molecular complexity index is 1140. The van der Waals surface area contributed by atoms with Crippen molar-refractivity contribution in [2.75, 3.05) is 34.4 Å².